The van der Waals surface area contributed by atoms with E-state index in [9.17, 15) is 9.59 Å². The van der Waals surface area contributed by atoms with Crippen molar-refractivity contribution in [2.24, 2.45) is 5.92 Å². The molecule has 21 heavy (non-hydrogen) atoms. The molecule has 0 radical (unpaired) electrons. The third kappa shape index (κ3) is 3.54. The fourth-order valence-electron chi connectivity index (χ4n) is 2.60. The number of benzene rings is 1. The lowest BCUT2D eigenvalue weighted by atomic mass is 9.85. The first-order valence-corrected chi connectivity index (χ1v) is 7.53. The lowest BCUT2D eigenvalue weighted by molar-refractivity contribution is -0.123. The van der Waals surface area contributed by atoms with Gasteiger partial charge in [-0.1, -0.05) is 12.5 Å². The molecule has 5 heteroatoms. The Morgan fingerprint density at radius 3 is 2.95 bits per heavy atom. The van der Waals surface area contributed by atoms with E-state index in [0.29, 0.717) is 18.1 Å². The number of carbonyl (C=O) groups excluding carboxylic acids is 2. The van der Waals surface area contributed by atoms with Crippen molar-refractivity contribution in [2.75, 3.05) is 18.5 Å². The van der Waals surface area contributed by atoms with Crippen molar-refractivity contribution in [3.05, 3.63) is 23.8 Å². The van der Waals surface area contributed by atoms with Gasteiger partial charge in [-0.05, 0) is 36.8 Å². The van der Waals surface area contributed by atoms with Crippen LogP contribution in [0.3, 0.4) is 0 Å². The van der Waals surface area contributed by atoms with Gasteiger partial charge in [0.25, 0.3) is 5.91 Å². The van der Waals surface area contributed by atoms with Gasteiger partial charge < -0.3 is 15.4 Å². The molecule has 1 aliphatic heterocycles. The molecule has 112 valence electrons. The minimum absolute atomic E-state index is 0.0133. The monoisotopic (exact) mass is 288 g/mol. The highest BCUT2D eigenvalue weighted by Gasteiger charge is 2.18. The van der Waals surface area contributed by atoms with Crippen LogP contribution in [0.4, 0.5) is 5.69 Å². The maximum Gasteiger partial charge on any atom is 0.257 e. The Kier molecular flexibility index (Phi) is 4.08. The Balaban J connectivity index is 1.49. The molecule has 1 aromatic carbocycles. The zero-order valence-corrected chi connectivity index (χ0v) is 12.0. The van der Waals surface area contributed by atoms with E-state index >= 15 is 0 Å². The fraction of sp³-hybridized carbons (Fsp3) is 0.500. The van der Waals surface area contributed by atoms with Crippen LogP contribution in [0.1, 0.15) is 31.2 Å². The van der Waals surface area contributed by atoms with Crippen LogP contribution in [-0.4, -0.2) is 25.0 Å². The number of fused-ring (bicyclic) bond motifs is 1. The Labute approximate surface area is 124 Å². The van der Waals surface area contributed by atoms with Gasteiger partial charge in [0.05, 0.1) is 0 Å². The number of carbonyl (C=O) groups is 2. The average molecular weight is 288 g/mol. The maximum absolute atomic E-state index is 11.7. The summed E-state index contributed by atoms with van der Waals surface area (Å²) in [5.41, 5.74) is 1.90. The van der Waals surface area contributed by atoms with Crippen LogP contribution in [0.25, 0.3) is 0 Å². The summed E-state index contributed by atoms with van der Waals surface area (Å²) < 4.78 is 5.49. The third-order valence-corrected chi connectivity index (χ3v) is 4.16. The molecule has 1 aliphatic carbocycles. The van der Waals surface area contributed by atoms with Gasteiger partial charge in [0.1, 0.15) is 5.75 Å². The summed E-state index contributed by atoms with van der Waals surface area (Å²) in [5, 5.41) is 5.71. The molecule has 1 saturated carbocycles. The zero-order chi connectivity index (χ0) is 14.7. The van der Waals surface area contributed by atoms with Crippen LogP contribution < -0.4 is 15.4 Å². The second kappa shape index (κ2) is 6.16. The standard InChI is InChI=1S/C16H20N2O3/c19-15-7-5-12-4-6-13(8-14(12)18-15)21-10-16(20)17-9-11-2-1-3-11/h4,6,8,11H,1-3,5,7,9-10H2,(H,17,20)(H,18,19). The van der Waals surface area contributed by atoms with Gasteiger partial charge in [-0.2, -0.15) is 0 Å². The van der Waals surface area contributed by atoms with Crippen molar-refractivity contribution < 1.29 is 14.3 Å². The van der Waals surface area contributed by atoms with E-state index in [-0.39, 0.29) is 18.4 Å². The van der Waals surface area contributed by atoms with E-state index in [2.05, 4.69) is 10.6 Å². The number of amides is 2. The van der Waals surface area contributed by atoms with Crippen molar-refractivity contribution in [3.63, 3.8) is 0 Å². The molecular weight excluding hydrogens is 268 g/mol. The van der Waals surface area contributed by atoms with Gasteiger partial charge in [0.2, 0.25) is 5.91 Å². The molecule has 2 N–H and O–H groups in total. The zero-order valence-electron chi connectivity index (χ0n) is 12.0. The first kappa shape index (κ1) is 13.9. The smallest absolute Gasteiger partial charge is 0.257 e. The van der Waals surface area contributed by atoms with Crippen molar-refractivity contribution in [1.82, 2.24) is 5.32 Å². The van der Waals surface area contributed by atoms with Crippen LogP contribution >= 0.6 is 0 Å². The van der Waals surface area contributed by atoms with Gasteiger partial charge in [-0.3, -0.25) is 9.59 Å². The highest BCUT2D eigenvalue weighted by Crippen LogP contribution is 2.27. The lowest BCUT2D eigenvalue weighted by Crippen LogP contribution is -2.35. The quantitative estimate of drug-likeness (QED) is 0.869. The van der Waals surface area contributed by atoms with Gasteiger partial charge >= 0.3 is 0 Å². The summed E-state index contributed by atoms with van der Waals surface area (Å²) in [6.45, 7) is 0.766. The number of rotatable bonds is 5. The minimum atomic E-state index is -0.0938. The second-order valence-electron chi connectivity index (χ2n) is 5.76. The average Bonchev–Trinajstić information content (AvgIpc) is 2.43. The summed E-state index contributed by atoms with van der Waals surface area (Å²) in [4.78, 5) is 23.1. The van der Waals surface area contributed by atoms with Crippen LogP contribution in [-0.2, 0) is 16.0 Å². The van der Waals surface area contributed by atoms with Gasteiger partial charge in [-0.15, -0.1) is 0 Å². The van der Waals surface area contributed by atoms with Crippen molar-refractivity contribution >= 4 is 17.5 Å². The Morgan fingerprint density at radius 1 is 1.33 bits per heavy atom. The molecule has 3 rings (SSSR count). The Morgan fingerprint density at radius 2 is 2.19 bits per heavy atom. The number of aryl methyl sites for hydroxylation is 1. The molecule has 1 heterocycles. The lowest BCUT2D eigenvalue weighted by Gasteiger charge is -2.25. The molecule has 5 nitrogen and oxygen atoms in total. The molecule has 0 spiro atoms. The first-order chi connectivity index (χ1) is 10.2. The number of ether oxygens (including phenoxy) is 1. The second-order valence-corrected chi connectivity index (χ2v) is 5.76. The molecule has 2 aliphatic rings. The van der Waals surface area contributed by atoms with E-state index in [4.69, 9.17) is 4.74 Å². The van der Waals surface area contributed by atoms with Gasteiger partial charge in [0, 0.05) is 24.7 Å². The van der Waals surface area contributed by atoms with E-state index in [1.54, 1.807) is 6.07 Å². The third-order valence-electron chi connectivity index (χ3n) is 4.16. The molecule has 0 aromatic heterocycles. The van der Waals surface area contributed by atoms with E-state index in [0.717, 1.165) is 24.2 Å². The summed E-state index contributed by atoms with van der Waals surface area (Å²) in [5.74, 6) is 1.18. The minimum Gasteiger partial charge on any atom is -0.484 e. The highest BCUT2D eigenvalue weighted by molar-refractivity contribution is 5.94. The van der Waals surface area contributed by atoms with Gasteiger partial charge in [-0.25, -0.2) is 0 Å². The van der Waals surface area contributed by atoms with Crippen LogP contribution in [0.2, 0.25) is 0 Å². The Bertz CT molecular complexity index is 552. The maximum atomic E-state index is 11.7. The molecule has 2 amide bonds. The molecular formula is C16H20N2O3. The molecule has 1 fully saturated rings. The summed E-state index contributed by atoms with van der Waals surface area (Å²) in [6.07, 6.45) is 4.98. The fourth-order valence-corrected chi connectivity index (χ4v) is 2.60. The van der Waals surface area contributed by atoms with E-state index < -0.39 is 0 Å². The first-order valence-electron chi connectivity index (χ1n) is 7.53. The molecule has 0 atom stereocenters. The highest BCUT2D eigenvalue weighted by atomic mass is 16.5. The SMILES string of the molecule is O=C(COc1ccc2c(c1)NC(=O)CC2)NCC1CCC1. The number of hydrogen-bond donors (Lipinski definition) is 2. The van der Waals surface area contributed by atoms with Crippen LogP contribution in [0.5, 0.6) is 5.75 Å². The van der Waals surface area contributed by atoms with Crippen LogP contribution in [0.15, 0.2) is 18.2 Å². The number of hydrogen-bond acceptors (Lipinski definition) is 3. The number of anilines is 1. The summed E-state index contributed by atoms with van der Waals surface area (Å²) in [6, 6.07) is 5.57. The number of nitrogens with one attached hydrogen (secondary N) is 2. The summed E-state index contributed by atoms with van der Waals surface area (Å²) in [7, 11) is 0. The van der Waals surface area contributed by atoms with Gasteiger partial charge in [0.15, 0.2) is 6.61 Å². The predicted octanol–water partition coefficient (Wildman–Crippen LogP) is 1.87. The van der Waals surface area contributed by atoms with E-state index in [1.807, 2.05) is 12.1 Å². The summed E-state index contributed by atoms with van der Waals surface area (Å²) >= 11 is 0. The molecule has 0 unspecified atom stereocenters. The topological polar surface area (TPSA) is 67.4 Å². The molecule has 0 bridgehead atoms. The molecule has 1 aromatic rings. The molecule has 0 saturated heterocycles. The normalized spacial score (nSPS) is 17.4. The largest absolute Gasteiger partial charge is 0.484 e. The van der Waals surface area contributed by atoms with Crippen molar-refractivity contribution in [2.45, 2.75) is 32.1 Å². The predicted molar refractivity (Wildman–Crippen MR) is 79.2 cm³/mol. The van der Waals surface area contributed by atoms with Crippen molar-refractivity contribution in [3.8, 4) is 5.75 Å². The Hall–Kier alpha value is -2.04. The van der Waals surface area contributed by atoms with Crippen LogP contribution in [0, 0.1) is 5.92 Å². The van der Waals surface area contributed by atoms with Crippen molar-refractivity contribution in [1.29, 1.82) is 0 Å². The van der Waals surface area contributed by atoms with E-state index in [1.165, 1.54) is 19.3 Å².